The highest BCUT2D eigenvalue weighted by Crippen LogP contribution is 2.16. The lowest BCUT2D eigenvalue weighted by Crippen LogP contribution is -2.50. The van der Waals surface area contributed by atoms with Crippen molar-refractivity contribution < 1.29 is 9.90 Å². The molecule has 2 unspecified atom stereocenters. The first kappa shape index (κ1) is 16.0. The highest BCUT2D eigenvalue weighted by Gasteiger charge is 2.28. The number of hydrogen-bond acceptors (Lipinski definition) is 3. The minimum Gasteiger partial charge on any atom is -0.387 e. The summed E-state index contributed by atoms with van der Waals surface area (Å²) in [6, 6.07) is 9.37. The van der Waals surface area contributed by atoms with Gasteiger partial charge in [0.2, 0.25) is 5.91 Å². The van der Waals surface area contributed by atoms with Crippen molar-refractivity contribution in [2.24, 2.45) is 11.8 Å². The summed E-state index contributed by atoms with van der Waals surface area (Å²) >= 11 is 0. The van der Waals surface area contributed by atoms with Crippen molar-refractivity contribution in [3.8, 4) is 0 Å². The number of halogens is 1. The van der Waals surface area contributed by atoms with E-state index >= 15 is 0 Å². The smallest absolute Gasteiger partial charge is 0.223 e. The molecule has 1 heterocycles. The standard InChI is InChI=1S/C14H20N2O2.ClH/c1-10(12-7-15-8-12)14(18)16-9-13(17)11-5-3-2-4-6-11;/h2-6,10,12-13,15,17H,7-9H2,1H3,(H,16,18);1H. The van der Waals surface area contributed by atoms with Gasteiger partial charge in [-0.2, -0.15) is 0 Å². The van der Waals surface area contributed by atoms with E-state index in [9.17, 15) is 9.90 Å². The highest BCUT2D eigenvalue weighted by atomic mass is 35.5. The van der Waals surface area contributed by atoms with Gasteiger partial charge in [-0.1, -0.05) is 37.3 Å². The molecule has 0 aliphatic carbocycles. The van der Waals surface area contributed by atoms with Gasteiger partial charge in [-0.15, -0.1) is 12.4 Å². The minimum absolute atomic E-state index is 0. The predicted molar refractivity (Wildman–Crippen MR) is 77.2 cm³/mol. The number of amides is 1. The number of rotatable bonds is 5. The van der Waals surface area contributed by atoms with E-state index in [0.29, 0.717) is 5.92 Å². The first-order valence-corrected chi connectivity index (χ1v) is 6.40. The lowest BCUT2D eigenvalue weighted by Gasteiger charge is -2.31. The fraction of sp³-hybridized carbons (Fsp3) is 0.500. The molecular formula is C14H21ClN2O2. The number of benzene rings is 1. The molecule has 0 aromatic heterocycles. The van der Waals surface area contributed by atoms with E-state index < -0.39 is 6.10 Å². The van der Waals surface area contributed by atoms with E-state index in [0.717, 1.165) is 18.7 Å². The second-order valence-corrected chi connectivity index (χ2v) is 4.88. The summed E-state index contributed by atoms with van der Waals surface area (Å²) in [7, 11) is 0. The first-order valence-electron chi connectivity index (χ1n) is 6.40. The fourth-order valence-corrected chi connectivity index (χ4v) is 2.03. The monoisotopic (exact) mass is 284 g/mol. The molecule has 0 spiro atoms. The third-order valence-electron chi connectivity index (χ3n) is 3.59. The van der Waals surface area contributed by atoms with Gasteiger partial charge < -0.3 is 15.7 Å². The van der Waals surface area contributed by atoms with E-state index in [-0.39, 0.29) is 30.8 Å². The maximum absolute atomic E-state index is 11.9. The molecule has 1 saturated heterocycles. The molecular weight excluding hydrogens is 264 g/mol. The lowest BCUT2D eigenvalue weighted by molar-refractivity contribution is -0.127. The molecule has 0 radical (unpaired) electrons. The van der Waals surface area contributed by atoms with Crippen LogP contribution in [0.25, 0.3) is 0 Å². The Balaban J connectivity index is 0.00000180. The third kappa shape index (κ3) is 4.20. The molecule has 19 heavy (non-hydrogen) atoms. The second-order valence-electron chi connectivity index (χ2n) is 4.88. The molecule has 1 aromatic rings. The van der Waals surface area contributed by atoms with E-state index in [4.69, 9.17) is 0 Å². The van der Waals surface area contributed by atoms with Gasteiger partial charge in [0.05, 0.1) is 6.10 Å². The summed E-state index contributed by atoms with van der Waals surface area (Å²) in [6.07, 6.45) is -0.637. The average molecular weight is 285 g/mol. The molecule has 1 amide bonds. The van der Waals surface area contributed by atoms with Crippen LogP contribution in [0.2, 0.25) is 0 Å². The van der Waals surface area contributed by atoms with Crippen LogP contribution in [0.4, 0.5) is 0 Å². The molecule has 2 atom stereocenters. The van der Waals surface area contributed by atoms with Crippen LogP contribution in [-0.2, 0) is 4.79 Å². The van der Waals surface area contributed by atoms with Crippen LogP contribution >= 0.6 is 12.4 Å². The summed E-state index contributed by atoms with van der Waals surface area (Å²) in [6.45, 7) is 4.04. The van der Waals surface area contributed by atoms with Crippen LogP contribution in [0.1, 0.15) is 18.6 Å². The Morgan fingerprint density at radius 3 is 2.58 bits per heavy atom. The van der Waals surface area contributed by atoms with Gasteiger partial charge in [0.15, 0.2) is 0 Å². The predicted octanol–water partition coefficient (Wildman–Crippen LogP) is 1.11. The second kappa shape index (κ2) is 7.48. The molecule has 5 heteroatoms. The van der Waals surface area contributed by atoms with E-state index in [1.54, 1.807) is 0 Å². The van der Waals surface area contributed by atoms with Crippen LogP contribution in [-0.4, -0.2) is 30.6 Å². The fourth-order valence-electron chi connectivity index (χ4n) is 2.03. The van der Waals surface area contributed by atoms with Crippen molar-refractivity contribution in [2.45, 2.75) is 13.0 Å². The maximum Gasteiger partial charge on any atom is 0.223 e. The number of carbonyl (C=O) groups is 1. The van der Waals surface area contributed by atoms with E-state index in [2.05, 4.69) is 10.6 Å². The Kier molecular flexibility index (Phi) is 6.28. The normalized spacial score (nSPS) is 17.8. The molecule has 2 rings (SSSR count). The number of hydrogen-bond donors (Lipinski definition) is 3. The van der Waals surface area contributed by atoms with Gasteiger partial charge in [0.25, 0.3) is 0 Å². The molecule has 1 fully saturated rings. The summed E-state index contributed by atoms with van der Waals surface area (Å²) in [5.41, 5.74) is 0.829. The van der Waals surface area contributed by atoms with Gasteiger partial charge in [0, 0.05) is 12.5 Å². The van der Waals surface area contributed by atoms with Gasteiger partial charge in [0.1, 0.15) is 0 Å². The zero-order valence-electron chi connectivity index (χ0n) is 11.0. The number of aliphatic hydroxyl groups excluding tert-OH is 1. The molecule has 1 aliphatic rings. The number of nitrogens with one attached hydrogen (secondary N) is 2. The van der Waals surface area contributed by atoms with Crippen LogP contribution in [0.15, 0.2) is 30.3 Å². The summed E-state index contributed by atoms with van der Waals surface area (Å²) in [4.78, 5) is 11.9. The van der Waals surface area contributed by atoms with Crippen LogP contribution < -0.4 is 10.6 Å². The van der Waals surface area contributed by atoms with Crippen LogP contribution in [0.5, 0.6) is 0 Å². The largest absolute Gasteiger partial charge is 0.387 e. The Bertz CT molecular complexity index is 396. The van der Waals surface area contributed by atoms with E-state index in [1.807, 2.05) is 37.3 Å². The van der Waals surface area contributed by atoms with Gasteiger partial charge in [-0.25, -0.2) is 0 Å². The topological polar surface area (TPSA) is 61.4 Å². The SMILES string of the molecule is CC(C(=O)NCC(O)c1ccccc1)C1CNC1.Cl. The summed E-state index contributed by atoms with van der Waals surface area (Å²) in [5.74, 6) is 0.463. The zero-order chi connectivity index (χ0) is 13.0. The van der Waals surface area contributed by atoms with Crippen molar-refractivity contribution in [3.63, 3.8) is 0 Å². The number of carbonyl (C=O) groups excluding carboxylic acids is 1. The Hall–Kier alpha value is -1.10. The van der Waals surface area contributed by atoms with Crippen molar-refractivity contribution in [2.75, 3.05) is 19.6 Å². The molecule has 0 saturated carbocycles. The summed E-state index contributed by atoms with van der Waals surface area (Å²) in [5, 5.41) is 15.9. The first-order chi connectivity index (χ1) is 8.68. The minimum atomic E-state index is -0.637. The van der Waals surface area contributed by atoms with Gasteiger partial charge >= 0.3 is 0 Å². The molecule has 3 N–H and O–H groups in total. The zero-order valence-corrected chi connectivity index (χ0v) is 11.8. The molecule has 106 valence electrons. The van der Waals surface area contributed by atoms with Crippen molar-refractivity contribution >= 4 is 18.3 Å². The van der Waals surface area contributed by atoms with Crippen molar-refractivity contribution in [1.82, 2.24) is 10.6 Å². The van der Waals surface area contributed by atoms with E-state index in [1.165, 1.54) is 0 Å². The van der Waals surface area contributed by atoms with Crippen molar-refractivity contribution in [3.05, 3.63) is 35.9 Å². The van der Waals surface area contributed by atoms with Crippen molar-refractivity contribution in [1.29, 1.82) is 0 Å². The molecule has 0 bridgehead atoms. The molecule has 4 nitrogen and oxygen atoms in total. The Morgan fingerprint density at radius 2 is 2.05 bits per heavy atom. The Morgan fingerprint density at radius 1 is 1.42 bits per heavy atom. The quantitative estimate of drug-likeness (QED) is 0.759. The maximum atomic E-state index is 11.9. The third-order valence-corrected chi connectivity index (χ3v) is 3.59. The van der Waals surface area contributed by atoms with Gasteiger partial charge in [-0.05, 0) is 24.6 Å². The van der Waals surface area contributed by atoms with Crippen LogP contribution in [0, 0.1) is 11.8 Å². The van der Waals surface area contributed by atoms with Crippen LogP contribution in [0.3, 0.4) is 0 Å². The lowest BCUT2D eigenvalue weighted by atomic mass is 9.88. The Labute approximate surface area is 120 Å². The highest BCUT2D eigenvalue weighted by molar-refractivity contribution is 5.85. The number of aliphatic hydroxyl groups is 1. The molecule has 1 aromatic carbocycles. The summed E-state index contributed by atoms with van der Waals surface area (Å²) < 4.78 is 0. The average Bonchev–Trinajstić information content (AvgIpc) is 2.34. The molecule has 1 aliphatic heterocycles. The van der Waals surface area contributed by atoms with Gasteiger partial charge in [-0.3, -0.25) is 4.79 Å².